The summed E-state index contributed by atoms with van der Waals surface area (Å²) in [5.74, 6) is 0. The first-order chi connectivity index (χ1) is 29.4. The van der Waals surface area contributed by atoms with Crippen LogP contribution in [0.2, 0.25) is 0 Å². The lowest BCUT2D eigenvalue weighted by atomic mass is 9.84. The molecule has 0 saturated carbocycles. The minimum absolute atomic E-state index is 0.191. The first-order valence-electron chi connectivity index (χ1n) is 20.6. The van der Waals surface area contributed by atoms with Crippen LogP contribution in [0.5, 0.6) is 0 Å². The maximum atomic E-state index is 5.30. The molecule has 0 N–H and O–H groups in total. The number of pyridine rings is 1. The molecule has 0 amide bonds. The summed E-state index contributed by atoms with van der Waals surface area (Å²) in [6, 6.07) is 82.2. The number of hydrogen-bond acceptors (Lipinski definition) is 3. The minimum Gasteiger partial charge on any atom is -0.310 e. The highest BCUT2D eigenvalue weighted by Crippen LogP contribution is 2.51. The van der Waals surface area contributed by atoms with Gasteiger partial charge in [-0.2, -0.15) is 0 Å². The molecule has 9 aromatic rings. The molecule has 1 heterocycles. The van der Waals surface area contributed by atoms with Crippen LogP contribution in [0, 0.1) is 0 Å². The molecule has 290 valence electrons. The van der Waals surface area contributed by atoms with Crippen LogP contribution in [-0.2, 0) is 5.41 Å². The van der Waals surface area contributed by atoms with Crippen LogP contribution in [0.15, 0.2) is 231 Å². The maximum Gasteiger partial charge on any atom is 0.0730 e. The van der Waals surface area contributed by atoms with Crippen LogP contribution in [0.4, 0.5) is 34.1 Å². The molecule has 3 heteroatoms. The highest BCUT2D eigenvalue weighted by Gasteiger charge is 2.29. The van der Waals surface area contributed by atoms with Crippen molar-refractivity contribution >= 4 is 34.1 Å². The molecule has 1 aromatic heterocycles. The van der Waals surface area contributed by atoms with Gasteiger partial charge in [-0.15, -0.1) is 0 Å². The first kappa shape index (κ1) is 38.1. The Morgan fingerprint density at radius 3 is 1.07 bits per heavy atom. The molecular formula is C57H47N3. The summed E-state index contributed by atoms with van der Waals surface area (Å²) in [4.78, 5) is 10.2. The van der Waals surface area contributed by atoms with E-state index >= 15 is 0 Å². The molecule has 0 atom stereocenters. The molecule has 0 aliphatic heterocycles. The molecule has 0 fully saturated rings. The highest BCUT2D eigenvalue weighted by atomic mass is 15.2. The van der Waals surface area contributed by atoms with Crippen molar-refractivity contribution in [2.45, 2.75) is 26.2 Å². The average Bonchev–Trinajstić information content (AvgIpc) is 3.31. The van der Waals surface area contributed by atoms with Gasteiger partial charge in [0, 0.05) is 33.8 Å². The largest absolute Gasteiger partial charge is 0.310 e. The Hall–Kier alpha value is -7.49. The van der Waals surface area contributed by atoms with Gasteiger partial charge in [-0.25, -0.2) is 4.98 Å². The zero-order chi connectivity index (χ0) is 40.9. The van der Waals surface area contributed by atoms with Crippen LogP contribution in [0.1, 0.15) is 26.3 Å². The number of benzene rings is 8. The summed E-state index contributed by atoms with van der Waals surface area (Å²) in [7, 11) is 0. The van der Waals surface area contributed by atoms with E-state index in [1.54, 1.807) is 0 Å². The van der Waals surface area contributed by atoms with Crippen LogP contribution in [0.3, 0.4) is 0 Å². The number of para-hydroxylation sites is 2. The van der Waals surface area contributed by atoms with Gasteiger partial charge in [-0.05, 0) is 88.3 Å². The Kier molecular flexibility index (Phi) is 10.6. The Bertz CT molecular complexity index is 2740. The second-order valence-corrected chi connectivity index (χ2v) is 16.1. The van der Waals surface area contributed by atoms with E-state index < -0.39 is 0 Å². The molecule has 0 unspecified atom stereocenters. The third kappa shape index (κ3) is 7.99. The first-order valence-corrected chi connectivity index (χ1v) is 20.6. The lowest BCUT2D eigenvalue weighted by molar-refractivity contribution is 0.590. The molecule has 0 aliphatic rings. The van der Waals surface area contributed by atoms with Crippen molar-refractivity contribution in [3.8, 4) is 44.8 Å². The van der Waals surface area contributed by atoms with Crippen molar-refractivity contribution in [2.24, 2.45) is 0 Å². The molecule has 60 heavy (non-hydrogen) atoms. The van der Waals surface area contributed by atoms with E-state index in [4.69, 9.17) is 4.98 Å². The summed E-state index contributed by atoms with van der Waals surface area (Å²) >= 11 is 0. The van der Waals surface area contributed by atoms with E-state index in [1.165, 1.54) is 16.7 Å². The summed E-state index contributed by atoms with van der Waals surface area (Å²) in [5, 5.41) is 0. The molecule has 0 saturated heterocycles. The molecule has 0 radical (unpaired) electrons. The van der Waals surface area contributed by atoms with Crippen LogP contribution >= 0.6 is 0 Å². The van der Waals surface area contributed by atoms with Gasteiger partial charge < -0.3 is 9.80 Å². The number of nitrogens with zero attached hydrogens (tertiary/aromatic N) is 3. The van der Waals surface area contributed by atoms with E-state index in [-0.39, 0.29) is 5.41 Å². The van der Waals surface area contributed by atoms with E-state index in [2.05, 4.69) is 261 Å². The third-order valence-corrected chi connectivity index (χ3v) is 11.0. The molecule has 0 bridgehead atoms. The molecule has 3 nitrogen and oxygen atoms in total. The lowest BCUT2D eigenvalue weighted by Crippen LogP contribution is -2.19. The molecular weight excluding hydrogens is 727 g/mol. The zero-order valence-corrected chi connectivity index (χ0v) is 34.3. The van der Waals surface area contributed by atoms with Gasteiger partial charge >= 0.3 is 0 Å². The van der Waals surface area contributed by atoms with Crippen LogP contribution in [-0.4, -0.2) is 4.98 Å². The van der Waals surface area contributed by atoms with Gasteiger partial charge in [0.2, 0.25) is 0 Å². The number of rotatable bonds is 10. The normalized spacial score (nSPS) is 11.2. The fourth-order valence-corrected chi connectivity index (χ4v) is 7.90. The summed E-state index contributed by atoms with van der Waals surface area (Å²) in [6.07, 6.45) is 0. The third-order valence-electron chi connectivity index (χ3n) is 11.0. The molecule has 0 aliphatic carbocycles. The Balaban J connectivity index is 1.37. The predicted octanol–water partition coefficient (Wildman–Crippen LogP) is 16.0. The average molecular weight is 774 g/mol. The van der Waals surface area contributed by atoms with E-state index in [0.717, 1.165) is 67.8 Å². The number of aromatic nitrogens is 1. The molecule has 8 aromatic carbocycles. The second kappa shape index (κ2) is 16.8. The van der Waals surface area contributed by atoms with Gasteiger partial charge in [0.15, 0.2) is 0 Å². The fraction of sp³-hybridized carbons (Fsp3) is 0.0702. The maximum absolute atomic E-state index is 5.30. The van der Waals surface area contributed by atoms with Crippen LogP contribution < -0.4 is 9.80 Å². The Morgan fingerprint density at radius 2 is 0.650 bits per heavy atom. The van der Waals surface area contributed by atoms with Gasteiger partial charge in [0.05, 0.1) is 28.5 Å². The topological polar surface area (TPSA) is 19.4 Å². The summed E-state index contributed by atoms with van der Waals surface area (Å²) in [6.45, 7) is 6.92. The lowest BCUT2D eigenvalue weighted by Gasteiger charge is -2.35. The predicted molar refractivity (Wildman–Crippen MR) is 254 cm³/mol. The van der Waals surface area contributed by atoms with Gasteiger partial charge in [-0.1, -0.05) is 191 Å². The van der Waals surface area contributed by atoms with Crippen molar-refractivity contribution in [3.63, 3.8) is 0 Å². The molecule has 9 rings (SSSR count). The van der Waals surface area contributed by atoms with Gasteiger partial charge in [0.25, 0.3) is 0 Å². The van der Waals surface area contributed by atoms with E-state index in [0.29, 0.717) is 0 Å². The summed E-state index contributed by atoms with van der Waals surface area (Å²) < 4.78 is 0. The van der Waals surface area contributed by atoms with Gasteiger partial charge in [0.1, 0.15) is 0 Å². The number of hydrogen-bond donors (Lipinski definition) is 0. The Labute approximate surface area is 354 Å². The van der Waals surface area contributed by atoms with Crippen LogP contribution in [0.25, 0.3) is 44.8 Å². The standard InChI is InChI=1S/C57H47N3/c1-57(2,3)47-38-54(59(48-30-18-8-19-31-48)50-36-34-43(35-37-50)42-22-10-4-11-23-42)56(46-28-16-7-17-29-46)55(39-47)60(49-32-20-9-21-33-49)51-40-52(44-24-12-5-13-25-44)58-53(41-51)45-26-14-6-15-27-45/h4-41H,1-3H3. The second-order valence-electron chi connectivity index (χ2n) is 16.1. The summed E-state index contributed by atoms with van der Waals surface area (Å²) in [5.41, 5.74) is 15.9. The van der Waals surface area contributed by atoms with E-state index in [1.807, 2.05) is 0 Å². The van der Waals surface area contributed by atoms with Crippen molar-refractivity contribution in [2.75, 3.05) is 9.80 Å². The van der Waals surface area contributed by atoms with Crippen molar-refractivity contribution in [1.29, 1.82) is 0 Å². The van der Waals surface area contributed by atoms with Crippen molar-refractivity contribution < 1.29 is 0 Å². The Morgan fingerprint density at radius 1 is 0.317 bits per heavy atom. The van der Waals surface area contributed by atoms with Gasteiger partial charge in [-0.3, -0.25) is 0 Å². The van der Waals surface area contributed by atoms with E-state index in [9.17, 15) is 0 Å². The highest BCUT2D eigenvalue weighted by molar-refractivity contribution is 5.99. The minimum atomic E-state index is -0.191. The SMILES string of the molecule is CC(C)(C)c1cc(N(c2ccccc2)c2ccc(-c3ccccc3)cc2)c(-c2ccccc2)c(N(c2ccccc2)c2cc(-c3ccccc3)nc(-c3ccccc3)c2)c1. The molecule has 0 spiro atoms. The fourth-order valence-electron chi connectivity index (χ4n) is 7.90. The van der Waals surface area contributed by atoms with Crippen molar-refractivity contribution in [1.82, 2.24) is 4.98 Å². The monoisotopic (exact) mass is 773 g/mol. The zero-order valence-electron chi connectivity index (χ0n) is 34.3. The number of anilines is 6. The smallest absolute Gasteiger partial charge is 0.0730 e. The van der Waals surface area contributed by atoms with Crippen molar-refractivity contribution in [3.05, 3.63) is 236 Å². The quantitative estimate of drug-likeness (QED) is 0.138.